The van der Waals surface area contributed by atoms with Gasteiger partial charge in [-0.05, 0) is 11.5 Å². The fourth-order valence-corrected chi connectivity index (χ4v) is 3.48. The van der Waals surface area contributed by atoms with Gasteiger partial charge in [-0.1, -0.05) is 37.3 Å². The molecule has 0 radical (unpaired) electrons. The van der Waals surface area contributed by atoms with E-state index in [0.29, 0.717) is 0 Å². The molecule has 0 aliphatic rings. The molecule has 2 aromatic rings. The predicted octanol–water partition coefficient (Wildman–Crippen LogP) is 1.66. The number of anilines is 1. The fourth-order valence-electron chi connectivity index (χ4n) is 2.13. The second-order valence-corrected chi connectivity index (χ2v) is 6.81. The monoisotopic (exact) mass is 323 g/mol. The molecule has 1 aromatic carbocycles. The summed E-state index contributed by atoms with van der Waals surface area (Å²) < 4.78 is 27.8. The summed E-state index contributed by atoms with van der Waals surface area (Å²) in [5.74, 6) is -1.48. The smallest absolute Gasteiger partial charge is 0.354 e. The average Bonchev–Trinajstić information content (AvgIpc) is 2.79. The summed E-state index contributed by atoms with van der Waals surface area (Å²) in [6.07, 6.45) is 0. The SMILES string of the molecule is CC(CS(=O)(=O)Nc1cc(C(=O)O)n(C)n1)c1ccccc1. The minimum absolute atomic E-state index is 0.000150. The van der Waals surface area contributed by atoms with E-state index in [2.05, 4.69) is 9.82 Å². The molecule has 22 heavy (non-hydrogen) atoms. The summed E-state index contributed by atoms with van der Waals surface area (Å²) in [5.41, 5.74) is 0.828. The van der Waals surface area contributed by atoms with E-state index in [0.717, 1.165) is 10.2 Å². The van der Waals surface area contributed by atoms with Crippen molar-refractivity contribution in [1.29, 1.82) is 0 Å². The van der Waals surface area contributed by atoms with E-state index >= 15 is 0 Å². The molecule has 118 valence electrons. The number of nitrogens with zero attached hydrogens (tertiary/aromatic N) is 2. The van der Waals surface area contributed by atoms with E-state index < -0.39 is 16.0 Å². The third-order valence-electron chi connectivity index (χ3n) is 3.20. The van der Waals surface area contributed by atoms with Crippen molar-refractivity contribution in [2.24, 2.45) is 7.05 Å². The largest absolute Gasteiger partial charge is 0.477 e. The summed E-state index contributed by atoms with van der Waals surface area (Å²) in [6, 6.07) is 10.5. The Morgan fingerprint density at radius 2 is 2.00 bits per heavy atom. The highest BCUT2D eigenvalue weighted by Gasteiger charge is 2.20. The van der Waals surface area contributed by atoms with Crippen molar-refractivity contribution in [2.45, 2.75) is 12.8 Å². The lowest BCUT2D eigenvalue weighted by atomic mass is 10.0. The Balaban J connectivity index is 2.11. The zero-order valence-electron chi connectivity index (χ0n) is 12.2. The van der Waals surface area contributed by atoms with Crippen molar-refractivity contribution in [3.8, 4) is 0 Å². The molecular weight excluding hydrogens is 306 g/mol. The molecule has 0 aliphatic heterocycles. The zero-order valence-corrected chi connectivity index (χ0v) is 13.0. The molecule has 0 saturated carbocycles. The minimum Gasteiger partial charge on any atom is -0.477 e. The van der Waals surface area contributed by atoms with Crippen LogP contribution >= 0.6 is 0 Å². The van der Waals surface area contributed by atoms with Gasteiger partial charge in [0.25, 0.3) is 0 Å². The Hall–Kier alpha value is -2.35. The number of aryl methyl sites for hydroxylation is 1. The molecular formula is C14H17N3O4S. The van der Waals surface area contributed by atoms with Gasteiger partial charge in [0.2, 0.25) is 10.0 Å². The fraction of sp³-hybridized carbons (Fsp3) is 0.286. The number of carboxylic acids is 1. The van der Waals surface area contributed by atoms with Crippen LogP contribution in [-0.4, -0.2) is 35.0 Å². The first-order valence-electron chi connectivity index (χ1n) is 6.61. The molecule has 1 unspecified atom stereocenters. The van der Waals surface area contributed by atoms with Crippen LogP contribution in [0.2, 0.25) is 0 Å². The number of benzene rings is 1. The van der Waals surface area contributed by atoms with Crippen molar-refractivity contribution in [2.75, 3.05) is 10.5 Å². The molecule has 0 saturated heterocycles. The van der Waals surface area contributed by atoms with Crippen LogP contribution in [0.5, 0.6) is 0 Å². The molecule has 1 heterocycles. The second kappa shape index (κ2) is 6.18. The first kappa shape index (κ1) is 16.0. The van der Waals surface area contributed by atoms with Crippen LogP contribution in [0.25, 0.3) is 0 Å². The lowest BCUT2D eigenvalue weighted by Crippen LogP contribution is -2.20. The highest BCUT2D eigenvalue weighted by Crippen LogP contribution is 2.18. The number of rotatable bonds is 6. The van der Waals surface area contributed by atoms with Crippen molar-refractivity contribution < 1.29 is 18.3 Å². The quantitative estimate of drug-likeness (QED) is 0.842. The van der Waals surface area contributed by atoms with Crippen LogP contribution in [0, 0.1) is 0 Å². The topological polar surface area (TPSA) is 101 Å². The molecule has 0 spiro atoms. The minimum atomic E-state index is -3.63. The lowest BCUT2D eigenvalue weighted by Gasteiger charge is -2.12. The zero-order chi connectivity index (χ0) is 16.3. The van der Waals surface area contributed by atoms with E-state index in [9.17, 15) is 13.2 Å². The highest BCUT2D eigenvalue weighted by atomic mass is 32.2. The Morgan fingerprint density at radius 1 is 1.36 bits per heavy atom. The molecule has 0 amide bonds. The maximum absolute atomic E-state index is 12.2. The van der Waals surface area contributed by atoms with Gasteiger partial charge < -0.3 is 5.11 Å². The Labute approximate surface area is 128 Å². The van der Waals surface area contributed by atoms with Crippen LogP contribution < -0.4 is 4.72 Å². The van der Waals surface area contributed by atoms with E-state index in [-0.39, 0.29) is 23.2 Å². The van der Waals surface area contributed by atoms with Gasteiger partial charge in [-0.15, -0.1) is 0 Å². The third kappa shape index (κ3) is 3.85. The van der Waals surface area contributed by atoms with Crippen LogP contribution in [0.4, 0.5) is 5.82 Å². The van der Waals surface area contributed by atoms with Crippen LogP contribution in [-0.2, 0) is 17.1 Å². The number of hydrogen-bond donors (Lipinski definition) is 2. The van der Waals surface area contributed by atoms with Gasteiger partial charge in [0.05, 0.1) is 5.75 Å². The van der Waals surface area contributed by atoms with Crippen LogP contribution in [0.15, 0.2) is 36.4 Å². The predicted molar refractivity (Wildman–Crippen MR) is 82.4 cm³/mol. The molecule has 0 aliphatic carbocycles. The van der Waals surface area contributed by atoms with Crippen molar-refractivity contribution in [3.63, 3.8) is 0 Å². The lowest BCUT2D eigenvalue weighted by molar-refractivity contribution is 0.0685. The number of carboxylic acid groups (broad SMARTS) is 1. The van der Waals surface area contributed by atoms with Gasteiger partial charge >= 0.3 is 5.97 Å². The van der Waals surface area contributed by atoms with E-state index in [4.69, 9.17) is 5.11 Å². The van der Waals surface area contributed by atoms with Gasteiger partial charge in [-0.3, -0.25) is 9.40 Å². The van der Waals surface area contributed by atoms with Gasteiger partial charge in [-0.2, -0.15) is 5.10 Å². The number of sulfonamides is 1. The number of aromatic nitrogens is 2. The molecule has 2 N–H and O–H groups in total. The second-order valence-electron chi connectivity index (χ2n) is 5.04. The van der Waals surface area contributed by atoms with Gasteiger partial charge in [0.15, 0.2) is 5.82 Å². The van der Waals surface area contributed by atoms with Crippen molar-refractivity contribution >= 4 is 21.8 Å². The van der Waals surface area contributed by atoms with Crippen LogP contribution in [0.3, 0.4) is 0 Å². The molecule has 0 bridgehead atoms. The van der Waals surface area contributed by atoms with E-state index in [1.165, 1.54) is 13.1 Å². The Morgan fingerprint density at radius 3 is 2.55 bits per heavy atom. The van der Waals surface area contributed by atoms with Gasteiger partial charge in [0, 0.05) is 13.1 Å². The number of aromatic carboxylic acids is 1. The molecule has 7 nitrogen and oxygen atoms in total. The maximum atomic E-state index is 12.2. The molecule has 1 aromatic heterocycles. The standard InChI is InChI=1S/C14H17N3O4S/c1-10(11-6-4-3-5-7-11)9-22(20,21)16-13-8-12(14(18)19)17(2)15-13/h3-8,10H,9H2,1-2H3,(H,15,16)(H,18,19). The average molecular weight is 323 g/mol. The number of nitrogens with one attached hydrogen (secondary N) is 1. The summed E-state index contributed by atoms with van der Waals surface area (Å²) in [4.78, 5) is 10.9. The van der Waals surface area contributed by atoms with E-state index in [1.807, 2.05) is 37.3 Å². The third-order valence-corrected chi connectivity index (χ3v) is 4.66. The van der Waals surface area contributed by atoms with Crippen molar-refractivity contribution in [3.05, 3.63) is 47.7 Å². The molecule has 8 heteroatoms. The van der Waals surface area contributed by atoms with E-state index in [1.54, 1.807) is 0 Å². The number of hydrogen-bond acceptors (Lipinski definition) is 4. The summed E-state index contributed by atoms with van der Waals surface area (Å²) in [5, 5.41) is 12.8. The highest BCUT2D eigenvalue weighted by molar-refractivity contribution is 7.92. The first-order valence-corrected chi connectivity index (χ1v) is 8.26. The summed E-state index contributed by atoms with van der Waals surface area (Å²) >= 11 is 0. The first-order chi connectivity index (χ1) is 10.3. The number of carbonyl (C=O) groups is 1. The van der Waals surface area contributed by atoms with Crippen molar-refractivity contribution in [1.82, 2.24) is 9.78 Å². The summed E-state index contributed by atoms with van der Waals surface area (Å²) in [6.45, 7) is 1.82. The molecule has 0 fully saturated rings. The van der Waals surface area contributed by atoms with Crippen LogP contribution in [0.1, 0.15) is 28.9 Å². The normalized spacial score (nSPS) is 12.8. The molecule has 1 atom stereocenters. The Bertz CT molecular complexity index is 769. The Kier molecular flexibility index (Phi) is 4.51. The molecule has 2 rings (SSSR count). The van der Waals surface area contributed by atoms with Gasteiger partial charge in [-0.25, -0.2) is 13.2 Å². The van der Waals surface area contributed by atoms with Gasteiger partial charge in [0.1, 0.15) is 5.69 Å². The maximum Gasteiger partial charge on any atom is 0.354 e. The summed E-state index contributed by atoms with van der Waals surface area (Å²) in [7, 11) is -2.19.